The van der Waals surface area contributed by atoms with Gasteiger partial charge in [0.1, 0.15) is 0 Å². The molecule has 0 fully saturated rings. The number of nitro benzene ring substituents is 1. The number of carboxylic acids is 1. The Morgan fingerprint density at radius 1 is 1.24 bits per heavy atom. The summed E-state index contributed by atoms with van der Waals surface area (Å²) in [5.41, 5.74) is 0.346. The average molecular weight is 291 g/mol. The number of non-ortho nitro benzene ring substituents is 1. The zero-order chi connectivity index (χ0) is 15.4. The minimum Gasteiger partial charge on any atom is -0.481 e. The van der Waals surface area contributed by atoms with E-state index in [1.165, 1.54) is 24.3 Å². The van der Waals surface area contributed by atoms with Crippen molar-refractivity contribution in [2.75, 3.05) is 5.32 Å². The lowest BCUT2D eigenvalue weighted by molar-refractivity contribution is -0.384. The van der Waals surface area contributed by atoms with Gasteiger partial charge in [-0.25, -0.2) is 4.79 Å². The molecule has 0 bridgehead atoms. The molecule has 110 valence electrons. The maximum Gasteiger partial charge on any atom is 0.319 e. The minimum atomic E-state index is -0.925. The number of nitro groups is 1. The summed E-state index contributed by atoms with van der Waals surface area (Å²) in [6, 6.07) is 4.57. The molecule has 1 aromatic carbocycles. The number of carbonyl (C=O) groups is 2. The quantitative estimate of drug-likeness (QED) is 0.443. The van der Waals surface area contributed by atoms with Crippen LogP contribution in [-0.2, 0) is 4.79 Å². The Morgan fingerprint density at radius 2 is 1.90 bits per heavy atom. The molecule has 0 radical (unpaired) electrons. The fraction of sp³-hybridized carbons (Fsp3) is 0.231. The Morgan fingerprint density at radius 3 is 2.43 bits per heavy atom. The summed E-state index contributed by atoms with van der Waals surface area (Å²) in [4.78, 5) is 32.5. The number of rotatable bonds is 4. The number of urea groups is 1. The van der Waals surface area contributed by atoms with E-state index in [0.29, 0.717) is 12.1 Å². The summed E-state index contributed by atoms with van der Waals surface area (Å²) in [5, 5.41) is 24.5. The van der Waals surface area contributed by atoms with Crippen molar-refractivity contribution in [2.45, 2.75) is 12.5 Å². The van der Waals surface area contributed by atoms with Crippen LogP contribution < -0.4 is 10.6 Å². The topological polar surface area (TPSA) is 122 Å². The van der Waals surface area contributed by atoms with Crippen molar-refractivity contribution >= 4 is 23.4 Å². The van der Waals surface area contributed by atoms with Crippen LogP contribution in [-0.4, -0.2) is 28.1 Å². The van der Waals surface area contributed by atoms with E-state index in [1.54, 1.807) is 12.2 Å². The van der Waals surface area contributed by atoms with Crippen LogP contribution >= 0.6 is 0 Å². The van der Waals surface area contributed by atoms with Gasteiger partial charge in [0.2, 0.25) is 0 Å². The molecule has 0 aromatic heterocycles. The number of hydrogen-bond acceptors (Lipinski definition) is 4. The van der Waals surface area contributed by atoms with E-state index in [0.717, 1.165) is 0 Å². The smallest absolute Gasteiger partial charge is 0.319 e. The number of nitrogens with zero attached hydrogens (tertiary/aromatic N) is 1. The molecule has 2 rings (SSSR count). The lowest BCUT2D eigenvalue weighted by Gasteiger charge is -2.13. The molecular weight excluding hydrogens is 278 g/mol. The summed E-state index contributed by atoms with van der Waals surface area (Å²) >= 11 is 0. The second kappa shape index (κ2) is 6.04. The van der Waals surface area contributed by atoms with Gasteiger partial charge in [0.25, 0.3) is 5.69 Å². The van der Waals surface area contributed by atoms with Crippen LogP contribution in [0.4, 0.5) is 16.2 Å². The number of carboxylic acid groups (broad SMARTS) is 1. The highest BCUT2D eigenvalue weighted by atomic mass is 16.6. The molecule has 2 amide bonds. The average Bonchev–Trinajstić information content (AvgIpc) is 2.87. The van der Waals surface area contributed by atoms with Crippen LogP contribution in [0.25, 0.3) is 0 Å². The van der Waals surface area contributed by atoms with Crippen molar-refractivity contribution in [3.63, 3.8) is 0 Å². The molecule has 1 aliphatic carbocycles. The third-order valence-electron chi connectivity index (χ3n) is 3.05. The predicted octanol–water partition coefficient (Wildman–Crippen LogP) is 1.75. The highest BCUT2D eigenvalue weighted by molar-refractivity contribution is 5.89. The van der Waals surface area contributed by atoms with E-state index in [4.69, 9.17) is 5.11 Å². The van der Waals surface area contributed by atoms with Crippen LogP contribution in [0.15, 0.2) is 36.4 Å². The molecule has 0 saturated carbocycles. The van der Waals surface area contributed by atoms with E-state index in [1.807, 2.05) is 0 Å². The standard InChI is InChI=1S/C13H13N3O5/c17-12(18)8-1-2-10(7-8)15-13(19)14-9-3-5-11(6-4-9)16(20)21/h1-6,8,10H,7H2,(H,17,18)(H2,14,15,19). The third-order valence-corrected chi connectivity index (χ3v) is 3.05. The lowest BCUT2D eigenvalue weighted by atomic mass is 10.1. The molecular formula is C13H13N3O5. The first kappa shape index (κ1) is 14.5. The second-order valence-corrected chi connectivity index (χ2v) is 4.57. The van der Waals surface area contributed by atoms with Gasteiger partial charge in [-0.05, 0) is 18.6 Å². The van der Waals surface area contributed by atoms with Crippen molar-refractivity contribution in [1.82, 2.24) is 5.32 Å². The van der Waals surface area contributed by atoms with E-state index in [9.17, 15) is 19.7 Å². The monoisotopic (exact) mass is 291 g/mol. The molecule has 0 aliphatic heterocycles. The van der Waals surface area contributed by atoms with Gasteiger partial charge in [0.05, 0.1) is 16.9 Å². The number of amides is 2. The van der Waals surface area contributed by atoms with Gasteiger partial charge in [0, 0.05) is 17.8 Å². The van der Waals surface area contributed by atoms with Gasteiger partial charge in [0.15, 0.2) is 0 Å². The van der Waals surface area contributed by atoms with Gasteiger partial charge in [-0.2, -0.15) is 0 Å². The first-order valence-corrected chi connectivity index (χ1v) is 6.19. The highest BCUT2D eigenvalue weighted by Gasteiger charge is 2.25. The summed E-state index contributed by atoms with van der Waals surface area (Å²) in [7, 11) is 0. The Labute approximate surface area is 119 Å². The fourth-order valence-electron chi connectivity index (χ4n) is 1.99. The molecule has 1 aromatic rings. The van der Waals surface area contributed by atoms with Gasteiger partial charge in [-0.1, -0.05) is 12.2 Å². The second-order valence-electron chi connectivity index (χ2n) is 4.57. The molecule has 3 N–H and O–H groups in total. The number of anilines is 1. The van der Waals surface area contributed by atoms with Crippen LogP contribution in [0.2, 0.25) is 0 Å². The van der Waals surface area contributed by atoms with Crippen molar-refractivity contribution in [3.05, 3.63) is 46.5 Å². The fourth-order valence-corrected chi connectivity index (χ4v) is 1.99. The zero-order valence-corrected chi connectivity index (χ0v) is 10.9. The molecule has 0 spiro atoms. The Kier molecular flexibility index (Phi) is 4.17. The van der Waals surface area contributed by atoms with Gasteiger partial charge in [-0.15, -0.1) is 0 Å². The molecule has 2 atom stereocenters. The molecule has 1 aliphatic rings. The van der Waals surface area contributed by atoms with Gasteiger partial charge in [-0.3, -0.25) is 14.9 Å². The van der Waals surface area contributed by atoms with Gasteiger partial charge < -0.3 is 15.7 Å². The number of nitrogens with one attached hydrogen (secondary N) is 2. The van der Waals surface area contributed by atoms with E-state index >= 15 is 0 Å². The number of benzene rings is 1. The SMILES string of the molecule is O=C(Nc1ccc([N+](=O)[O-])cc1)NC1C=CC(C(=O)O)C1. The summed E-state index contributed by atoms with van der Waals surface area (Å²) in [6.07, 6.45) is 3.48. The van der Waals surface area contributed by atoms with Crippen LogP contribution in [0, 0.1) is 16.0 Å². The molecule has 8 nitrogen and oxygen atoms in total. The Hall–Kier alpha value is -2.90. The van der Waals surface area contributed by atoms with E-state index in [-0.39, 0.29) is 11.7 Å². The Bertz CT molecular complexity index is 596. The van der Waals surface area contributed by atoms with Crippen molar-refractivity contribution < 1.29 is 19.6 Å². The first-order chi connectivity index (χ1) is 9.95. The third kappa shape index (κ3) is 3.78. The number of hydrogen-bond donors (Lipinski definition) is 3. The van der Waals surface area contributed by atoms with Crippen LogP contribution in [0.1, 0.15) is 6.42 Å². The first-order valence-electron chi connectivity index (χ1n) is 6.19. The molecule has 8 heteroatoms. The van der Waals surface area contributed by atoms with Crippen molar-refractivity contribution in [2.24, 2.45) is 5.92 Å². The molecule has 2 unspecified atom stereocenters. The summed E-state index contributed by atoms with van der Waals surface area (Å²) < 4.78 is 0. The summed E-state index contributed by atoms with van der Waals surface area (Å²) in [5.74, 6) is -1.51. The normalized spacial score (nSPS) is 20.0. The Balaban J connectivity index is 1.86. The van der Waals surface area contributed by atoms with E-state index < -0.39 is 22.8 Å². The maximum atomic E-state index is 11.7. The summed E-state index contributed by atoms with van der Waals surface area (Å²) in [6.45, 7) is 0. The maximum absolute atomic E-state index is 11.7. The lowest BCUT2D eigenvalue weighted by Crippen LogP contribution is -2.36. The molecule has 0 saturated heterocycles. The molecule has 21 heavy (non-hydrogen) atoms. The molecule has 0 heterocycles. The predicted molar refractivity (Wildman–Crippen MR) is 73.9 cm³/mol. The van der Waals surface area contributed by atoms with Crippen LogP contribution in [0.3, 0.4) is 0 Å². The zero-order valence-electron chi connectivity index (χ0n) is 10.9. The number of carbonyl (C=O) groups excluding carboxylic acids is 1. The van der Waals surface area contributed by atoms with Crippen molar-refractivity contribution in [1.29, 1.82) is 0 Å². The van der Waals surface area contributed by atoms with Gasteiger partial charge >= 0.3 is 12.0 Å². The van der Waals surface area contributed by atoms with Crippen molar-refractivity contribution in [3.8, 4) is 0 Å². The number of aliphatic carboxylic acids is 1. The van der Waals surface area contributed by atoms with E-state index in [2.05, 4.69) is 10.6 Å². The minimum absolute atomic E-state index is 0.0658. The highest BCUT2D eigenvalue weighted by Crippen LogP contribution is 2.18. The van der Waals surface area contributed by atoms with Crippen LogP contribution in [0.5, 0.6) is 0 Å². The largest absolute Gasteiger partial charge is 0.481 e.